The largest absolute Gasteiger partial charge is 0.346 e. The molecule has 0 saturated carbocycles. The Morgan fingerprint density at radius 3 is 2.75 bits per heavy atom. The predicted octanol–water partition coefficient (Wildman–Crippen LogP) is 2.05. The zero-order valence-corrected chi connectivity index (χ0v) is 15.3. The number of hydrogen-bond donors (Lipinski definition) is 2. The summed E-state index contributed by atoms with van der Waals surface area (Å²) in [6.45, 7) is 1.19. The molecule has 3 heterocycles. The average molecular weight is 375 g/mol. The van der Waals surface area contributed by atoms with E-state index in [1.165, 1.54) is 5.56 Å². The van der Waals surface area contributed by atoms with E-state index in [9.17, 15) is 9.59 Å². The fourth-order valence-electron chi connectivity index (χ4n) is 3.37. The Morgan fingerprint density at radius 1 is 1.18 bits per heavy atom. The molecular weight excluding hydrogens is 354 g/mol. The molecule has 7 nitrogen and oxygen atoms in total. The van der Waals surface area contributed by atoms with Crippen molar-refractivity contribution in [2.24, 2.45) is 0 Å². The van der Waals surface area contributed by atoms with Crippen molar-refractivity contribution in [2.45, 2.75) is 18.9 Å². The Hall–Kier alpha value is -3.48. The van der Waals surface area contributed by atoms with Gasteiger partial charge in [-0.05, 0) is 30.2 Å². The number of aromatic nitrogens is 3. The highest BCUT2D eigenvalue weighted by molar-refractivity contribution is 5.94. The van der Waals surface area contributed by atoms with Crippen LogP contribution in [0, 0.1) is 0 Å². The molecule has 4 rings (SSSR count). The summed E-state index contributed by atoms with van der Waals surface area (Å²) in [5.41, 5.74) is 3.14. The van der Waals surface area contributed by atoms with Crippen LogP contribution in [0.25, 0.3) is 11.3 Å². The van der Waals surface area contributed by atoms with Crippen LogP contribution in [0.2, 0.25) is 0 Å². The molecule has 1 aliphatic heterocycles. The number of carbonyl (C=O) groups excluding carboxylic acids is 2. The van der Waals surface area contributed by atoms with Crippen LogP contribution >= 0.6 is 0 Å². The third-order valence-corrected chi connectivity index (χ3v) is 4.86. The van der Waals surface area contributed by atoms with Crippen LogP contribution < -0.4 is 5.32 Å². The first-order chi connectivity index (χ1) is 13.7. The number of likely N-dealkylation sites (tertiary alicyclic amines) is 1. The SMILES string of the molecule is O=C(NC1CC(=O)N(CCc2ccccc2)C1)c1cc(-c2ccncc2)n[nH]1. The number of nitrogens with one attached hydrogen (secondary N) is 2. The zero-order valence-electron chi connectivity index (χ0n) is 15.3. The second kappa shape index (κ2) is 8.04. The van der Waals surface area contributed by atoms with Gasteiger partial charge in [0.2, 0.25) is 5.91 Å². The molecule has 0 radical (unpaired) electrons. The van der Waals surface area contributed by atoms with Crippen molar-refractivity contribution in [3.63, 3.8) is 0 Å². The number of amides is 2. The van der Waals surface area contributed by atoms with E-state index in [1.54, 1.807) is 18.5 Å². The minimum atomic E-state index is -0.254. The molecule has 2 aromatic heterocycles. The minimum Gasteiger partial charge on any atom is -0.346 e. The van der Waals surface area contributed by atoms with E-state index in [2.05, 4.69) is 32.6 Å². The summed E-state index contributed by atoms with van der Waals surface area (Å²) >= 11 is 0. The first-order valence-corrected chi connectivity index (χ1v) is 9.27. The van der Waals surface area contributed by atoms with Crippen molar-refractivity contribution in [1.82, 2.24) is 25.4 Å². The van der Waals surface area contributed by atoms with Crippen LogP contribution in [0.1, 0.15) is 22.5 Å². The number of nitrogens with zero attached hydrogens (tertiary/aromatic N) is 3. The lowest BCUT2D eigenvalue weighted by Gasteiger charge is -2.17. The Balaban J connectivity index is 1.33. The average Bonchev–Trinajstić information content (AvgIpc) is 3.35. The second-order valence-electron chi connectivity index (χ2n) is 6.85. The van der Waals surface area contributed by atoms with Crippen molar-refractivity contribution in [1.29, 1.82) is 0 Å². The maximum atomic E-state index is 12.5. The van der Waals surface area contributed by atoms with E-state index < -0.39 is 0 Å². The van der Waals surface area contributed by atoms with Crippen LogP contribution in [-0.2, 0) is 11.2 Å². The van der Waals surface area contributed by atoms with Gasteiger partial charge in [0.05, 0.1) is 11.7 Å². The molecule has 1 aliphatic rings. The van der Waals surface area contributed by atoms with E-state index in [1.807, 2.05) is 35.2 Å². The molecule has 0 aliphatic carbocycles. The molecule has 3 aromatic rings. The summed E-state index contributed by atoms with van der Waals surface area (Å²) in [5.74, 6) is -0.182. The number of aromatic amines is 1. The van der Waals surface area contributed by atoms with Crippen LogP contribution in [0.3, 0.4) is 0 Å². The topological polar surface area (TPSA) is 91.0 Å². The van der Waals surface area contributed by atoms with Gasteiger partial charge in [0.25, 0.3) is 5.91 Å². The monoisotopic (exact) mass is 375 g/mol. The maximum Gasteiger partial charge on any atom is 0.269 e. The Bertz CT molecular complexity index is 955. The normalized spacial score (nSPS) is 16.4. The van der Waals surface area contributed by atoms with Gasteiger partial charge in [0.1, 0.15) is 5.69 Å². The van der Waals surface area contributed by atoms with Gasteiger partial charge in [0.15, 0.2) is 0 Å². The molecule has 0 spiro atoms. The van der Waals surface area contributed by atoms with Crippen molar-refractivity contribution >= 4 is 11.8 Å². The lowest BCUT2D eigenvalue weighted by atomic mass is 10.1. The highest BCUT2D eigenvalue weighted by atomic mass is 16.2. The quantitative estimate of drug-likeness (QED) is 0.690. The molecule has 1 aromatic carbocycles. The molecule has 2 amide bonds. The number of benzene rings is 1. The van der Waals surface area contributed by atoms with Gasteiger partial charge in [-0.3, -0.25) is 19.7 Å². The number of pyridine rings is 1. The van der Waals surface area contributed by atoms with Crippen molar-refractivity contribution in [3.05, 3.63) is 72.2 Å². The lowest BCUT2D eigenvalue weighted by molar-refractivity contribution is -0.127. The van der Waals surface area contributed by atoms with Crippen LogP contribution in [-0.4, -0.2) is 51.0 Å². The van der Waals surface area contributed by atoms with E-state index in [0.717, 1.165) is 12.0 Å². The molecule has 0 bridgehead atoms. The van der Waals surface area contributed by atoms with Crippen LogP contribution in [0.15, 0.2) is 60.9 Å². The van der Waals surface area contributed by atoms with Gasteiger partial charge >= 0.3 is 0 Å². The van der Waals surface area contributed by atoms with Gasteiger partial charge in [-0.2, -0.15) is 5.10 Å². The third-order valence-electron chi connectivity index (χ3n) is 4.86. The Kier molecular flexibility index (Phi) is 5.14. The summed E-state index contributed by atoms with van der Waals surface area (Å²) in [6, 6.07) is 15.3. The standard InChI is InChI=1S/C21H21N5O2/c27-20-12-17(14-26(20)11-8-15-4-2-1-3-5-15)23-21(28)19-13-18(24-25-19)16-6-9-22-10-7-16/h1-7,9-10,13,17H,8,11-12,14H2,(H,23,28)(H,24,25). The van der Waals surface area contributed by atoms with Gasteiger partial charge in [-0.15, -0.1) is 0 Å². The number of carbonyl (C=O) groups is 2. The first-order valence-electron chi connectivity index (χ1n) is 9.27. The summed E-state index contributed by atoms with van der Waals surface area (Å²) in [7, 11) is 0. The minimum absolute atomic E-state index is 0.0725. The van der Waals surface area contributed by atoms with E-state index in [0.29, 0.717) is 30.9 Å². The fourth-order valence-corrected chi connectivity index (χ4v) is 3.37. The Labute approximate surface area is 162 Å². The fraction of sp³-hybridized carbons (Fsp3) is 0.238. The molecule has 7 heteroatoms. The summed E-state index contributed by atoms with van der Waals surface area (Å²) in [6.07, 6.45) is 4.49. The third kappa shape index (κ3) is 4.09. The van der Waals surface area contributed by atoms with E-state index >= 15 is 0 Å². The van der Waals surface area contributed by atoms with E-state index in [4.69, 9.17) is 0 Å². The van der Waals surface area contributed by atoms with Gasteiger partial charge in [-0.1, -0.05) is 30.3 Å². The molecule has 28 heavy (non-hydrogen) atoms. The lowest BCUT2D eigenvalue weighted by Crippen LogP contribution is -2.37. The molecular formula is C21H21N5O2. The summed E-state index contributed by atoms with van der Waals surface area (Å²) in [5, 5.41) is 9.88. The maximum absolute atomic E-state index is 12.5. The second-order valence-corrected chi connectivity index (χ2v) is 6.85. The first kappa shape index (κ1) is 17.9. The highest BCUT2D eigenvalue weighted by Gasteiger charge is 2.30. The van der Waals surface area contributed by atoms with Gasteiger partial charge < -0.3 is 10.2 Å². The molecule has 1 atom stereocenters. The van der Waals surface area contributed by atoms with Crippen LogP contribution in [0.4, 0.5) is 0 Å². The molecule has 1 saturated heterocycles. The smallest absolute Gasteiger partial charge is 0.269 e. The van der Waals surface area contributed by atoms with E-state index in [-0.39, 0.29) is 17.9 Å². The molecule has 1 fully saturated rings. The van der Waals surface area contributed by atoms with Crippen LogP contribution in [0.5, 0.6) is 0 Å². The predicted molar refractivity (Wildman–Crippen MR) is 104 cm³/mol. The molecule has 1 unspecified atom stereocenters. The molecule has 2 N–H and O–H groups in total. The van der Waals surface area contributed by atoms with Crippen molar-refractivity contribution in [3.8, 4) is 11.3 Å². The number of hydrogen-bond acceptors (Lipinski definition) is 4. The summed E-state index contributed by atoms with van der Waals surface area (Å²) in [4.78, 5) is 30.6. The van der Waals surface area contributed by atoms with Gasteiger partial charge in [-0.25, -0.2) is 0 Å². The highest BCUT2D eigenvalue weighted by Crippen LogP contribution is 2.17. The summed E-state index contributed by atoms with van der Waals surface area (Å²) < 4.78 is 0. The number of rotatable bonds is 6. The van der Waals surface area contributed by atoms with Crippen molar-refractivity contribution < 1.29 is 9.59 Å². The number of H-pyrrole nitrogens is 1. The zero-order chi connectivity index (χ0) is 19.3. The van der Waals surface area contributed by atoms with Gasteiger partial charge in [0, 0.05) is 37.5 Å². The Morgan fingerprint density at radius 2 is 1.96 bits per heavy atom. The molecule has 142 valence electrons. The van der Waals surface area contributed by atoms with Crippen molar-refractivity contribution in [2.75, 3.05) is 13.1 Å².